The van der Waals surface area contributed by atoms with Crippen molar-refractivity contribution >= 4 is 6.29 Å². The highest BCUT2D eigenvalue weighted by atomic mass is 16.1. The summed E-state index contributed by atoms with van der Waals surface area (Å²) in [6.45, 7) is 4.20. The summed E-state index contributed by atoms with van der Waals surface area (Å²) in [5, 5.41) is 0. The predicted octanol–water partition coefficient (Wildman–Crippen LogP) is 2.62. The smallest absolute Gasteiger partial charge is 0.150 e. The van der Waals surface area contributed by atoms with Crippen LogP contribution in [-0.2, 0) is 12.8 Å². The van der Waals surface area contributed by atoms with E-state index in [2.05, 4.69) is 19.9 Å². The van der Waals surface area contributed by atoms with Crippen LogP contribution >= 0.6 is 0 Å². The van der Waals surface area contributed by atoms with Crippen molar-refractivity contribution in [1.29, 1.82) is 0 Å². The first-order valence-electron chi connectivity index (χ1n) is 4.38. The van der Waals surface area contributed by atoms with Gasteiger partial charge in [0, 0.05) is 5.56 Å². The van der Waals surface area contributed by atoms with Crippen LogP contribution in [-0.4, -0.2) is 6.29 Å². The fourth-order valence-corrected chi connectivity index (χ4v) is 1.27. The number of carbonyl (C=O) groups is 1. The van der Waals surface area contributed by atoms with E-state index >= 15 is 0 Å². The van der Waals surface area contributed by atoms with Gasteiger partial charge in [0.2, 0.25) is 0 Å². The summed E-state index contributed by atoms with van der Waals surface area (Å²) in [6, 6.07) is 6.06. The van der Waals surface area contributed by atoms with Crippen molar-refractivity contribution < 1.29 is 4.79 Å². The summed E-state index contributed by atoms with van der Waals surface area (Å²) in [5.74, 6) is 0. The zero-order valence-corrected chi connectivity index (χ0v) is 7.63. The van der Waals surface area contributed by atoms with Crippen LogP contribution < -0.4 is 0 Å². The second-order valence-electron chi connectivity index (χ2n) is 2.91. The van der Waals surface area contributed by atoms with Gasteiger partial charge in [-0.15, -0.1) is 0 Å². The normalized spacial score (nSPS) is 9.83. The van der Waals surface area contributed by atoms with Crippen LogP contribution in [0.5, 0.6) is 0 Å². The number of hydrogen-bond donors (Lipinski definition) is 0. The van der Waals surface area contributed by atoms with E-state index in [9.17, 15) is 4.79 Å². The van der Waals surface area contributed by atoms with Crippen LogP contribution in [0, 0.1) is 0 Å². The molecule has 1 rings (SSSR count). The minimum absolute atomic E-state index is 0.797. The third kappa shape index (κ3) is 1.94. The maximum absolute atomic E-state index is 10.5. The van der Waals surface area contributed by atoms with Gasteiger partial charge in [0.25, 0.3) is 0 Å². The van der Waals surface area contributed by atoms with Crippen molar-refractivity contribution in [3.63, 3.8) is 0 Å². The van der Waals surface area contributed by atoms with Crippen LogP contribution in [0.2, 0.25) is 0 Å². The van der Waals surface area contributed by atoms with E-state index in [1.807, 2.05) is 12.1 Å². The molecule has 0 N–H and O–H groups in total. The summed E-state index contributed by atoms with van der Waals surface area (Å²) >= 11 is 0. The highest BCUT2D eigenvalue weighted by Gasteiger charge is 1.96. The largest absolute Gasteiger partial charge is 0.298 e. The lowest BCUT2D eigenvalue weighted by atomic mass is 10.0. The molecule has 1 heteroatoms. The molecule has 0 atom stereocenters. The van der Waals surface area contributed by atoms with E-state index in [1.165, 1.54) is 11.1 Å². The Morgan fingerprint density at radius 1 is 1.08 bits per heavy atom. The second kappa shape index (κ2) is 4.05. The van der Waals surface area contributed by atoms with Crippen molar-refractivity contribution in [2.75, 3.05) is 0 Å². The van der Waals surface area contributed by atoms with Gasteiger partial charge in [-0.05, 0) is 36.1 Å². The summed E-state index contributed by atoms with van der Waals surface area (Å²) in [6.07, 6.45) is 2.90. The number of hydrogen-bond acceptors (Lipinski definition) is 1. The maximum Gasteiger partial charge on any atom is 0.150 e. The number of rotatable bonds is 3. The highest BCUT2D eigenvalue weighted by molar-refractivity contribution is 5.75. The molecule has 0 aliphatic rings. The summed E-state index contributed by atoms with van der Waals surface area (Å²) < 4.78 is 0. The van der Waals surface area contributed by atoms with Crippen molar-refractivity contribution in [1.82, 2.24) is 0 Å². The average molecular weight is 162 g/mol. The van der Waals surface area contributed by atoms with E-state index in [1.54, 1.807) is 0 Å². The Balaban J connectivity index is 3.09. The van der Waals surface area contributed by atoms with Crippen molar-refractivity contribution in [2.24, 2.45) is 0 Å². The van der Waals surface area contributed by atoms with Crippen molar-refractivity contribution in [3.05, 3.63) is 34.9 Å². The SMILES string of the molecule is CCc1cc(C=O)cc(CC)c1. The molecule has 0 amide bonds. The predicted molar refractivity (Wildman–Crippen MR) is 50.6 cm³/mol. The molecule has 0 bridgehead atoms. The number of benzene rings is 1. The monoisotopic (exact) mass is 162 g/mol. The van der Waals surface area contributed by atoms with Crippen LogP contribution in [0.4, 0.5) is 0 Å². The molecule has 64 valence electrons. The molecule has 0 spiro atoms. The second-order valence-corrected chi connectivity index (χ2v) is 2.91. The molecule has 0 heterocycles. The van der Waals surface area contributed by atoms with Gasteiger partial charge in [-0.1, -0.05) is 19.9 Å². The fourth-order valence-electron chi connectivity index (χ4n) is 1.27. The molecule has 0 unspecified atom stereocenters. The third-order valence-corrected chi connectivity index (χ3v) is 2.03. The van der Waals surface area contributed by atoms with E-state index in [-0.39, 0.29) is 0 Å². The number of aryl methyl sites for hydroxylation is 2. The Labute approximate surface area is 73.4 Å². The molecule has 1 nitrogen and oxygen atoms in total. The zero-order chi connectivity index (χ0) is 8.97. The maximum atomic E-state index is 10.5. The fraction of sp³-hybridized carbons (Fsp3) is 0.364. The lowest BCUT2D eigenvalue weighted by Crippen LogP contribution is -1.90. The van der Waals surface area contributed by atoms with Crippen LogP contribution in [0.15, 0.2) is 18.2 Å². The van der Waals surface area contributed by atoms with Gasteiger partial charge in [-0.3, -0.25) is 4.79 Å². The van der Waals surface area contributed by atoms with E-state index in [0.29, 0.717) is 0 Å². The Hall–Kier alpha value is -1.11. The quantitative estimate of drug-likeness (QED) is 0.624. The Bertz CT molecular complexity index is 254. The van der Waals surface area contributed by atoms with Gasteiger partial charge in [-0.25, -0.2) is 0 Å². The van der Waals surface area contributed by atoms with Gasteiger partial charge >= 0.3 is 0 Å². The molecule has 1 aromatic rings. The summed E-state index contributed by atoms with van der Waals surface area (Å²) in [7, 11) is 0. The Kier molecular flexibility index (Phi) is 3.03. The van der Waals surface area contributed by atoms with Gasteiger partial charge < -0.3 is 0 Å². The molecular weight excluding hydrogens is 148 g/mol. The number of carbonyl (C=O) groups excluding carboxylic acids is 1. The summed E-state index contributed by atoms with van der Waals surface area (Å²) in [4.78, 5) is 10.5. The highest BCUT2D eigenvalue weighted by Crippen LogP contribution is 2.10. The van der Waals surface area contributed by atoms with Crippen molar-refractivity contribution in [3.8, 4) is 0 Å². The van der Waals surface area contributed by atoms with E-state index < -0.39 is 0 Å². The molecule has 0 fully saturated rings. The lowest BCUT2D eigenvalue weighted by molar-refractivity contribution is 0.112. The first kappa shape index (κ1) is 8.98. The van der Waals surface area contributed by atoms with E-state index in [4.69, 9.17) is 0 Å². The first-order chi connectivity index (χ1) is 5.80. The molecule has 0 saturated heterocycles. The summed E-state index contributed by atoms with van der Waals surface area (Å²) in [5.41, 5.74) is 3.29. The molecule has 0 aliphatic carbocycles. The standard InChI is InChI=1S/C11H14O/c1-3-9-5-10(4-2)7-11(6-9)8-12/h5-8H,3-4H2,1-2H3. The van der Waals surface area contributed by atoms with Crippen molar-refractivity contribution in [2.45, 2.75) is 26.7 Å². The van der Waals surface area contributed by atoms with Gasteiger partial charge in [0.1, 0.15) is 6.29 Å². The van der Waals surface area contributed by atoms with Gasteiger partial charge in [-0.2, -0.15) is 0 Å². The minimum Gasteiger partial charge on any atom is -0.298 e. The molecule has 0 saturated carbocycles. The number of aldehydes is 1. The van der Waals surface area contributed by atoms with E-state index in [0.717, 1.165) is 24.7 Å². The molecular formula is C11H14O. The molecule has 0 aliphatic heterocycles. The van der Waals surface area contributed by atoms with Gasteiger partial charge in [0.05, 0.1) is 0 Å². The Morgan fingerprint density at radius 2 is 1.58 bits per heavy atom. The average Bonchev–Trinajstić information content (AvgIpc) is 2.16. The molecule has 1 aromatic carbocycles. The first-order valence-corrected chi connectivity index (χ1v) is 4.38. The minimum atomic E-state index is 0.797. The third-order valence-electron chi connectivity index (χ3n) is 2.03. The van der Waals surface area contributed by atoms with Gasteiger partial charge in [0.15, 0.2) is 0 Å². The lowest BCUT2D eigenvalue weighted by Gasteiger charge is -2.02. The topological polar surface area (TPSA) is 17.1 Å². The molecule has 0 aromatic heterocycles. The van der Waals surface area contributed by atoms with Crippen LogP contribution in [0.1, 0.15) is 35.3 Å². The molecule has 12 heavy (non-hydrogen) atoms. The molecule has 0 radical (unpaired) electrons. The van der Waals surface area contributed by atoms with Crippen LogP contribution in [0.3, 0.4) is 0 Å². The van der Waals surface area contributed by atoms with Crippen LogP contribution in [0.25, 0.3) is 0 Å². The Morgan fingerprint density at radius 3 is 1.92 bits per heavy atom. The zero-order valence-electron chi connectivity index (χ0n) is 7.63.